The summed E-state index contributed by atoms with van der Waals surface area (Å²) in [6.45, 7) is 1.28. The molecular weight excluding hydrogens is 669 g/mol. The second kappa shape index (κ2) is 14.0. The predicted octanol–water partition coefficient (Wildman–Crippen LogP) is 12.3. The van der Waals surface area contributed by atoms with Gasteiger partial charge in [0, 0.05) is 45.0 Å². The van der Waals surface area contributed by atoms with Crippen LogP contribution < -0.4 is 5.32 Å². The van der Waals surface area contributed by atoms with Crippen molar-refractivity contribution in [1.82, 2.24) is 14.5 Å². The number of nitrogens with one attached hydrogen (secondary N) is 1. The highest BCUT2D eigenvalue weighted by Gasteiger charge is 2.17. The second-order valence-corrected chi connectivity index (χ2v) is 14.0. The molecule has 10 aromatic rings. The van der Waals surface area contributed by atoms with Gasteiger partial charge < -0.3 is 14.5 Å². The van der Waals surface area contributed by atoms with Gasteiger partial charge in [0.25, 0.3) is 0 Å². The summed E-state index contributed by atoms with van der Waals surface area (Å²) in [4.78, 5) is 5.14. The van der Waals surface area contributed by atoms with Gasteiger partial charge in [0.2, 0.25) is 0 Å². The molecule has 0 spiro atoms. The average molecular weight is 707 g/mol. The number of aromatic nitrogens is 2. The molecule has 262 valence electrons. The Bertz CT molecular complexity index is 2990. The van der Waals surface area contributed by atoms with E-state index in [1.165, 1.54) is 65.9 Å². The Balaban J connectivity index is 1.09. The molecular formula is C51H38N4. The van der Waals surface area contributed by atoms with Crippen LogP contribution in [0.4, 0.5) is 0 Å². The fourth-order valence-electron chi connectivity index (χ4n) is 8.01. The molecule has 2 aromatic heterocycles. The monoisotopic (exact) mass is 706 g/mol. The van der Waals surface area contributed by atoms with Gasteiger partial charge in [-0.25, -0.2) is 0 Å². The number of nitrogens with zero attached hydrogens (tertiary/aromatic N) is 3. The third-order valence-electron chi connectivity index (χ3n) is 10.6. The number of aliphatic imine (C=N–C) groups is 1. The van der Waals surface area contributed by atoms with Crippen molar-refractivity contribution in [1.29, 1.82) is 0 Å². The summed E-state index contributed by atoms with van der Waals surface area (Å²) >= 11 is 0. The number of fused-ring (bicyclic) bond motifs is 6. The first-order valence-electron chi connectivity index (χ1n) is 18.9. The molecule has 8 aromatic carbocycles. The average Bonchev–Trinajstić information content (AvgIpc) is 3.77. The van der Waals surface area contributed by atoms with Crippen LogP contribution in [-0.2, 0) is 13.1 Å². The Hall–Kier alpha value is -7.17. The molecule has 1 N–H and O–H groups in total. The normalized spacial score (nSPS) is 11.9. The minimum absolute atomic E-state index is 0.593. The molecule has 0 saturated carbocycles. The molecule has 0 fully saturated rings. The zero-order valence-electron chi connectivity index (χ0n) is 30.3. The summed E-state index contributed by atoms with van der Waals surface area (Å²) < 4.78 is 4.78. The third-order valence-corrected chi connectivity index (χ3v) is 10.6. The van der Waals surface area contributed by atoms with Crippen LogP contribution in [0.25, 0.3) is 66.1 Å². The van der Waals surface area contributed by atoms with Gasteiger partial charge in [-0.15, -0.1) is 0 Å². The summed E-state index contributed by atoms with van der Waals surface area (Å²) in [5.41, 5.74) is 12.8. The van der Waals surface area contributed by atoms with Crippen molar-refractivity contribution in [3.05, 3.63) is 217 Å². The maximum Gasteiger partial charge on any atom is 0.128 e. The first-order valence-corrected chi connectivity index (χ1v) is 18.9. The van der Waals surface area contributed by atoms with Gasteiger partial charge in [0.05, 0.1) is 28.6 Å². The van der Waals surface area contributed by atoms with Crippen molar-refractivity contribution in [2.45, 2.75) is 13.1 Å². The number of rotatable bonds is 8. The molecule has 0 unspecified atom stereocenters. The number of para-hydroxylation sites is 3. The smallest absolute Gasteiger partial charge is 0.128 e. The topological polar surface area (TPSA) is 34.2 Å². The van der Waals surface area contributed by atoms with Crippen molar-refractivity contribution in [2.75, 3.05) is 0 Å². The van der Waals surface area contributed by atoms with Gasteiger partial charge in [-0.3, -0.25) is 4.99 Å². The van der Waals surface area contributed by atoms with Gasteiger partial charge in [0.15, 0.2) is 0 Å². The highest BCUT2D eigenvalue weighted by Crippen LogP contribution is 2.38. The van der Waals surface area contributed by atoms with E-state index in [0.717, 1.165) is 22.8 Å². The van der Waals surface area contributed by atoms with Crippen LogP contribution in [-0.4, -0.2) is 15.0 Å². The Morgan fingerprint density at radius 1 is 0.400 bits per heavy atom. The van der Waals surface area contributed by atoms with E-state index in [0.29, 0.717) is 13.1 Å². The molecule has 0 bridgehead atoms. The molecule has 2 heterocycles. The number of benzene rings is 8. The van der Waals surface area contributed by atoms with Crippen LogP contribution in [0.3, 0.4) is 0 Å². The summed E-state index contributed by atoms with van der Waals surface area (Å²) in [6, 6.07) is 71.6. The SMILES string of the molecule is c1ccc(CN=C(NCc2ccccc2)c2cccc(-n3c4ccccc4c4ccc(-c5ccc6c(c5)c5ccccc5n6-c5ccccc5)cc43)c2)cc1. The molecule has 4 nitrogen and oxygen atoms in total. The van der Waals surface area contributed by atoms with E-state index in [1.54, 1.807) is 0 Å². The van der Waals surface area contributed by atoms with E-state index in [9.17, 15) is 0 Å². The molecule has 0 atom stereocenters. The molecule has 55 heavy (non-hydrogen) atoms. The minimum atomic E-state index is 0.593. The summed E-state index contributed by atoms with van der Waals surface area (Å²) in [7, 11) is 0. The van der Waals surface area contributed by atoms with Crippen LogP contribution in [0.1, 0.15) is 16.7 Å². The zero-order valence-corrected chi connectivity index (χ0v) is 30.3. The van der Waals surface area contributed by atoms with E-state index in [1.807, 2.05) is 6.07 Å². The lowest BCUT2D eigenvalue weighted by atomic mass is 10.0. The maximum atomic E-state index is 5.14. The van der Waals surface area contributed by atoms with Crippen molar-refractivity contribution in [3.63, 3.8) is 0 Å². The fraction of sp³-hybridized carbons (Fsp3) is 0.0392. The Morgan fingerprint density at radius 2 is 0.945 bits per heavy atom. The first kappa shape index (κ1) is 32.5. The van der Waals surface area contributed by atoms with E-state index in [2.05, 4.69) is 209 Å². The largest absolute Gasteiger partial charge is 0.366 e. The van der Waals surface area contributed by atoms with Crippen molar-refractivity contribution < 1.29 is 0 Å². The second-order valence-electron chi connectivity index (χ2n) is 14.0. The van der Waals surface area contributed by atoms with Crippen molar-refractivity contribution >= 4 is 49.4 Å². The van der Waals surface area contributed by atoms with E-state index >= 15 is 0 Å². The van der Waals surface area contributed by atoms with Crippen molar-refractivity contribution in [3.8, 4) is 22.5 Å². The number of amidine groups is 1. The molecule has 0 aliphatic heterocycles. The predicted molar refractivity (Wildman–Crippen MR) is 231 cm³/mol. The lowest BCUT2D eigenvalue weighted by molar-refractivity contribution is 0.896. The number of hydrogen-bond donors (Lipinski definition) is 1. The first-order chi connectivity index (χ1) is 27.3. The van der Waals surface area contributed by atoms with Crippen LogP contribution in [0.15, 0.2) is 205 Å². The molecule has 0 aliphatic carbocycles. The summed E-state index contributed by atoms with van der Waals surface area (Å²) in [5, 5.41) is 8.64. The molecule has 10 rings (SSSR count). The van der Waals surface area contributed by atoms with Gasteiger partial charge in [-0.05, 0) is 76.9 Å². The van der Waals surface area contributed by atoms with Gasteiger partial charge in [0.1, 0.15) is 5.84 Å². The van der Waals surface area contributed by atoms with E-state index in [4.69, 9.17) is 4.99 Å². The Morgan fingerprint density at radius 3 is 1.69 bits per heavy atom. The van der Waals surface area contributed by atoms with Gasteiger partial charge >= 0.3 is 0 Å². The van der Waals surface area contributed by atoms with Gasteiger partial charge in [-0.1, -0.05) is 146 Å². The zero-order chi connectivity index (χ0) is 36.6. The summed E-state index contributed by atoms with van der Waals surface area (Å²) in [5.74, 6) is 0.874. The van der Waals surface area contributed by atoms with E-state index in [-0.39, 0.29) is 0 Å². The number of hydrogen-bond acceptors (Lipinski definition) is 1. The minimum Gasteiger partial charge on any atom is -0.366 e. The quantitative estimate of drug-likeness (QED) is 0.124. The molecule has 0 saturated heterocycles. The molecule has 0 radical (unpaired) electrons. The lowest BCUT2D eigenvalue weighted by Crippen LogP contribution is -2.24. The third kappa shape index (κ3) is 6.04. The molecule has 0 aliphatic rings. The summed E-state index contributed by atoms with van der Waals surface area (Å²) in [6.07, 6.45) is 0. The van der Waals surface area contributed by atoms with Crippen LogP contribution in [0.5, 0.6) is 0 Å². The molecule has 4 heteroatoms. The standard InChI is InChI=1S/C51H38N4/c1-4-15-36(16-5-1)34-52-51(53-35-37-17-6-2-7-18-37)40-19-14-22-42(31-40)55-47-25-12-10-23-43(47)45-29-27-39(33-50(45)55)38-28-30-49-46(32-38)44-24-11-13-26-48(44)54(49)41-20-8-3-9-21-41/h1-33H,34-35H2,(H,52,53). The highest BCUT2D eigenvalue weighted by atomic mass is 15.0. The van der Waals surface area contributed by atoms with Gasteiger partial charge in [-0.2, -0.15) is 0 Å². The highest BCUT2D eigenvalue weighted by molar-refractivity contribution is 6.12. The Kier molecular flexibility index (Phi) is 8.27. The van der Waals surface area contributed by atoms with Crippen LogP contribution in [0.2, 0.25) is 0 Å². The van der Waals surface area contributed by atoms with Crippen LogP contribution >= 0.6 is 0 Å². The lowest BCUT2D eigenvalue weighted by Gasteiger charge is -2.14. The Labute approximate surface area is 320 Å². The van der Waals surface area contributed by atoms with Crippen molar-refractivity contribution in [2.24, 2.45) is 4.99 Å². The maximum absolute atomic E-state index is 5.14. The fourth-order valence-corrected chi connectivity index (χ4v) is 8.01. The van der Waals surface area contributed by atoms with E-state index < -0.39 is 0 Å². The molecule has 0 amide bonds. The van der Waals surface area contributed by atoms with Crippen LogP contribution in [0, 0.1) is 0 Å².